The fourth-order valence-electron chi connectivity index (χ4n) is 3.79. The Labute approximate surface area is 229 Å². The molecule has 1 saturated heterocycles. The van der Waals surface area contributed by atoms with Gasteiger partial charge in [0.05, 0.1) is 36.3 Å². The minimum atomic E-state index is -3.92. The molecule has 0 spiro atoms. The molecule has 11 nitrogen and oxygen atoms in total. The van der Waals surface area contributed by atoms with Crippen molar-refractivity contribution >= 4 is 27.7 Å². The number of carbonyl (C=O) groups excluding carboxylic acids is 1. The van der Waals surface area contributed by atoms with Gasteiger partial charge in [0.1, 0.15) is 5.76 Å². The SMILES string of the molecule is CC(C)(C)c1cc(NC(=O)Cc2ccc(-c3ccc([NH2+]CCN4CCOCC4)nc3)cc2)no1.CS(=O)(=O)[O-]. The van der Waals surface area contributed by atoms with E-state index in [0.29, 0.717) is 12.1 Å². The normalized spacial score (nSPS) is 14.4. The van der Waals surface area contributed by atoms with Gasteiger partial charge in [-0.1, -0.05) is 50.2 Å². The lowest BCUT2D eigenvalue weighted by molar-refractivity contribution is -0.575. The first kappa shape index (κ1) is 30.4. The zero-order chi connectivity index (χ0) is 28.5. The maximum absolute atomic E-state index is 12.4. The van der Waals surface area contributed by atoms with E-state index in [9.17, 15) is 4.79 Å². The summed E-state index contributed by atoms with van der Waals surface area (Å²) in [6.07, 6.45) is 2.78. The quantitative estimate of drug-likeness (QED) is 0.394. The van der Waals surface area contributed by atoms with Gasteiger partial charge in [-0.3, -0.25) is 15.0 Å². The molecule has 4 rings (SSSR count). The summed E-state index contributed by atoms with van der Waals surface area (Å²) in [5.74, 6) is 2.05. The fraction of sp³-hybridized carbons (Fsp3) is 0.444. The molecule has 12 heteroatoms. The molecule has 3 aromatic rings. The summed E-state index contributed by atoms with van der Waals surface area (Å²) >= 11 is 0. The van der Waals surface area contributed by atoms with Gasteiger partial charge in [0.2, 0.25) is 11.7 Å². The molecule has 2 aromatic heterocycles. The van der Waals surface area contributed by atoms with Gasteiger partial charge in [0.15, 0.2) is 5.82 Å². The molecule has 3 heterocycles. The van der Waals surface area contributed by atoms with Crippen LogP contribution in [0.15, 0.2) is 53.2 Å². The van der Waals surface area contributed by atoms with Crippen LogP contribution in [0.25, 0.3) is 11.1 Å². The molecule has 1 fully saturated rings. The van der Waals surface area contributed by atoms with Crippen molar-refractivity contribution in [2.75, 3.05) is 51.0 Å². The van der Waals surface area contributed by atoms with Crippen LogP contribution in [0.2, 0.25) is 0 Å². The number of aromatic nitrogens is 2. The van der Waals surface area contributed by atoms with Crippen LogP contribution < -0.4 is 10.6 Å². The number of amides is 1. The lowest BCUT2D eigenvalue weighted by Crippen LogP contribution is -2.80. The average molecular weight is 560 g/mol. The average Bonchev–Trinajstić information content (AvgIpc) is 3.34. The van der Waals surface area contributed by atoms with E-state index in [0.717, 1.165) is 67.7 Å². The van der Waals surface area contributed by atoms with Crippen LogP contribution in [-0.2, 0) is 31.5 Å². The summed E-state index contributed by atoms with van der Waals surface area (Å²) in [5, 5.41) is 8.93. The molecule has 0 bridgehead atoms. The molecule has 1 aliphatic heterocycles. The molecule has 1 amide bonds. The highest BCUT2D eigenvalue weighted by Crippen LogP contribution is 2.24. The first-order valence-electron chi connectivity index (χ1n) is 12.7. The molecule has 1 aromatic carbocycles. The van der Waals surface area contributed by atoms with Crippen LogP contribution >= 0.6 is 0 Å². The van der Waals surface area contributed by atoms with Gasteiger partial charge in [-0.15, -0.1) is 0 Å². The number of pyridine rings is 1. The molecular formula is C27H37N5O6S. The third-order valence-electron chi connectivity index (χ3n) is 5.86. The highest BCUT2D eigenvalue weighted by Gasteiger charge is 2.20. The second kappa shape index (κ2) is 13.8. The minimum absolute atomic E-state index is 0.125. The summed E-state index contributed by atoms with van der Waals surface area (Å²) < 4.78 is 37.9. The van der Waals surface area contributed by atoms with E-state index < -0.39 is 10.1 Å². The Balaban J connectivity index is 0.000000771. The summed E-state index contributed by atoms with van der Waals surface area (Å²) in [6, 6.07) is 13.9. The molecule has 0 atom stereocenters. The van der Waals surface area contributed by atoms with Crippen molar-refractivity contribution in [2.24, 2.45) is 0 Å². The maximum Gasteiger partial charge on any atom is 0.230 e. The van der Waals surface area contributed by atoms with E-state index in [1.54, 1.807) is 6.07 Å². The molecule has 0 unspecified atom stereocenters. The summed E-state index contributed by atoms with van der Waals surface area (Å²) in [5.41, 5.74) is 2.91. The van der Waals surface area contributed by atoms with E-state index in [-0.39, 0.29) is 17.7 Å². The maximum atomic E-state index is 12.4. The van der Waals surface area contributed by atoms with E-state index in [1.165, 1.54) is 0 Å². The first-order valence-corrected chi connectivity index (χ1v) is 14.5. The van der Waals surface area contributed by atoms with Crippen molar-refractivity contribution in [3.63, 3.8) is 0 Å². The van der Waals surface area contributed by atoms with Gasteiger partial charge in [-0.25, -0.2) is 13.4 Å². The predicted molar refractivity (Wildman–Crippen MR) is 147 cm³/mol. The van der Waals surface area contributed by atoms with Crippen LogP contribution in [0.5, 0.6) is 0 Å². The number of nitrogens with two attached hydrogens (primary N) is 1. The topological polar surface area (TPSA) is 154 Å². The summed E-state index contributed by atoms with van der Waals surface area (Å²) in [7, 11) is -3.92. The van der Waals surface area contributed by atoms with Crippen LogP contribution in [0, 0.1) is 0 Å². The van der Waals surface area contributed by atoms with Crippen molar-refractivity contribution in [3.05, 3.63) is 60.0 Å². The van der Waals surface area contributed by atoms with Gasteiger partial charge in [-0.2, -0.15) is 0 Å². The number of hydrogen-bond acceptors (Lipinski definition) is 9. The molecule has 39 heavy (non-hydrogen) atoms. The van der Waals surface area contributed by atoms with Crippen molar-refractivity contribution in [3.8, 4) is 11.1 Å². The Morgan fingerprint density at radius 3 is 2.31 bits per heavy atom. The van der Waals surface area contributed by atoms with Crippen LogP contribution in [0.3, 0.4) is 0 Å². The largest absolute Gasteiger partial charge is 0.748 e. The number of nitrogens with one attached hydrogen (secondary N) is 1. The molecule has 3 N–H and O–H groups in total. The monoisotopic (exact) mass is 559 g/mol. The predicted octanol–water partition coefficient (Wildman–Crippen LogP) is 1.90. The van der Waals surface area contributed by atoms with E-state index >= 15 is 0 Å². The van der Waals surface area contributed by atoms with Crippen LogP contribution in [-0.4, -0.2) is 79.6 Å². The van der Waals surface area contributed by atoms with E-state index in [2.05, 4.69) is 37.8 Å². The standard InChI is InChI=1S/C26H33N5O3.CH4O3S/c1-26(2,3)22-17-24(30-34-22)29-25(32)16-19-4-6-20(7-5-19)21-8-9-23(28-18-21)27-10-11-31-12-14-33-15-13-31;1-5(2,3)4/h4-9,17-18H,10-16H2,1-3H3,(H,27,28)(H,29,30,32);1H3,(H,2,3,4). The molecule has 0 aliphatic carbocycles. The zero-order valence-electron chi connectivity index (χ0n) is 22.8. The second-order valence-electron chi connectivity index (χ2n) is 10.4. The molecule has 1 aliphatic rings. The number of carbonyl (C=O) groups is 1. The first-order chi connectivity index (χ1) is 18.4. The van der Waals surface area contributed by atoms with Crippen molar-refractivity contribution in [1.82, 2.24) is 15.0 Å². The fourth-order valence-corrected chi connectivity index (χ4v) is 3.79. The Hall–Kier alpha value is -3.16. The summed E-state index contributed by atoms with van der Waals surface area (Å²) in [6.45, 7) is 11.8. The van der Waals surface area contributed by atoms with Crippen molar-refractivity contribution in [1.29, 1.82) is 0 Å². The minimum Gasteiger partial charge on any atom is -0.748 e. The van der Waals surface area contributed by atoms with Gasteiger partial charge >= 0.3 is 0 Å². The molecule has 0 radical (unpaired) electrons. The Bertz CT molecular complexity index is 1290. The lowest BCUT2D eigenvalue weighted by atomic mass is 9.93. The highest BCUT2D eigenvalue weighted by atomic mass is 32.2. The Kier molecular flexibility index (Phi) is 10.7. The van der Waals surface area contributed by atoms with Gasteiger partial charge in [-0.05, 0) is 17.2 Å². The van der Waals surface area contributed by atoms with Crippen LogP contribution in [0.1, 0.15) is 32.1 Å². The molecular weight excluding hydrogens is 522 g/mol. The molecule has 0 saturated carbocycles. The lowest BCUT2D eigenvalue weighted by Gasteiger charge is -2.25. The number of morpholine rings is 1. The third-order valence-corrected chi connectivity index (χ3v) is 5.86. The third kappa shape index (κ3) is 11.2. The van der Waals surface area contributed by atoms with Crippen molar-refractivity contribution in [2.45, 2.75) is 32.6 Å². The van der Waals surface area contributed by atoms with E-state index in [1.807, 2.05) is 51.2 Å². The summed E-state index contributed by atoms with van der Waals surface area (Å²) in [4.78, 5) is 19.4. The number of ether oxygens (including phenoxy) is 1. The van der Waals surface area contributed by atoms with Gasteiger partial charge < -0.3 is 19.1 Å². The number of quaternary nitrogens is 1. The number of hydrogen-bond donors (Lipinski definition) is 2. The van der Waals surface area contributed by atoms with Crippen LogP contribution in [0.4, 0.5) is 11.6 Å². The van der Waals surface area contributed by atoms with Gasteiger partial charge in [0, 0.05) is 55.2 Å². The number of anilines is 1. The second-order valence-corrected chi connectivity index (χ2v) is 11.8. The number of rotatable bonds is 8. The van der Waals surface area contributed by atoms with E-state index in [4.69, 9.17) is 22.2 Å². The smallest absolute Gasteiger partial charge is 0.230 e. The number of nitrogens with zero attached hydrogens (tertiary/aromatic N) is 3. The van der Waals surface area contributed by atoms with Crippen molar-refractivity contribution < 1.29 is 32.3 Å². The zero-order valence-corrected chi connectivity index (χ0v) is 23.7. The number of benzene rings is 1. The molecule has 212 valence electrons. The Morgan fingerprint density at radius 2 is 1.74 bits per heavy atom. The highest BCUT2D eigenvalue weighted by molar-refractivity contribution is 7.84. The van der Waals surface area contributed by atoms with Gasteiger partial charge in [0.25, 0.3) is 0 Å². The Morgan fingerprint density at radius 1 is 1.10 bits per heavy atom.